The van der Waals surface area contributed by atoms with Gasteiger partial charge in [-0.25, -0.2) is 15.4 Å². The highest BCUT2D eigenvalue weighted by Gasteiger charge is 2.26. The number of hydroxylamine groups is 1. The number of methoxy groups -OCH3 is 2. The van der Waals surface area contributed by atoms with Crippen molar-refractivity contribution in [1.29, 1.82) is 10.5 Å². The van der Waals surface area contributed by atoms with Crippen LogP contribution in [0.4, 0.5) is 5.82 Å². The lowest BCUT2D eigenvalue weighted by molar-refractivity contribution is -0.124. The van der Waals surface area contributed by atoms with E-state index in [0.29, 0.717) is 70.3 Å². The van der Waals surface area contributed by atoms with Crippen LogP contribution in [0.5, 0.6) is 17.2 Å². The first-order valence-electron chi connectivity index (χ1n) is 15.3. The fourth-order valence-corrected chi connectivity index (χ4v) is 5.59. The van der Waals surface area contributed by atoms with Gasteiger partial charge in [-0.05, 0) is 60.4 Å². The molecular weight excluding hydrogens is 642 g/mol. The molecule has 1 aliphatic rings. The molecule has 256 valence electrons. The largest absolute Gasteiger partial charge is 0.504 e. The number of aromatic nitrogens is 2. The van der Waals surface area contributed by atoms with E-state index in [1.807, 2.05) is 24.3 Å². The van der Waals surface area contributed by atoms with Crippen LogP contribution in [0.15, 0.2) is 67.0 Å². The van der Waals surface area contributed by atoms with E-state index in [1.54, 1.807) is 61.4 Å². The minimum atomic E-state index is -0.628. The maximum Gasteiger partial charge on any atom is 0.290 e. The molecule has 0 atom stereocenters. The first-order valence-corrected chi connectivity index (χ1v) is 15.3. The van der Waals surface area contributed by atoms with Crippen molar-refractivity contribution in [3.05, 3.63) is 89.4 Å². The van der Waals surface area contributed by atoms with E-state index in [1.165, 1.54) is 13.2 Å². The molecule has 14 heteroatoms. The molecule has 0 bridgehead atoms. The minimum Gasteiger partial charge on any atom is -0.504 e. The van der Waals surface area contributed by atoms with E-state index < -0.39 is 5.91 Å². The summed E-state index contributed by atoms with van der Waals surface area (Å²) in [5, 5.41) is 49.5. The number of ether oxygens (including phenoxy) is 2. The van der Waals surface area contributed by atoms with Crippen molar-refractivity contribution in [2.45, 2.75) is 25.4 Å². The fourth-order valence-electron chi connectivity index (χ4n) is 5.59. The zero-order chi connectivity index (χ0) is 36.0. The Morgan fingerprint density at radius 2 is 1.72 bits per heavy atom. The molecule has 0 radical (unpaired) electrons. The number of nitriles is 2. The van der Waals surface area contributed by atoms with Crippen LogP contribution in [0.25, 0.3) is 28.3 Å². The van der Waals surface area contributed by atoms with Crippen LogP contribution in [0.2, 0.25) is 0 Å². The molecule has 14 nitrogen and oxygen atoms in total. The van der Waals surface area contributed by atoms with Gasteiger partial charge in [0.15, 0.2) is 11.5 Å². The monoisotopic (exact) mass is 677 g/mol. The molecule has 1 aliphatic heterocycles. The van der Waals surface area contributed by atoms with Gasteiger partial charge >= 0.3 is 0 Å². The Labute approximate surface area is 288 Å². The molecule has 1 saturated heterocycles. The van der Waals surface area contributed by atoms with E-state index in [-0.39, 0.29) is 24.0 Å². The van der Waals surface area contributed by atoms with Crippen molar-refractivity contribution in [3.63, 3.8) is 0 Å². The van der Waals surface area contributed by atoms with Crippen LogP contribution in [-0.4, -0.2) is 71.1 Å². The molecule has 5 rings (SSSR count). The number of benzene rings is 2. The van der Waals surface area contributed by atoms with Gasteiger partial charge in [-0.1, -0.05) is 18.2 Å². The van der Waals surface area contributed by atoms with E-state index in [9.17, 15) is 20.4 Å². The van der Waals surface area contributed by atoms with Gasteiger partial charge in [0.1, 0.15) is 35.0 Å². The smallest absolute Gasteiger partial charge is 0.290 e. The Kier molecular flexibility index (Phi) is 12.8. The summed E-state index contributed by atoms with van der Waals surface area (Å²) < 4.78 is 10.7. The van der Waals surface area contributed by atoms with Crippen molar-refractivity contribution in [3.8, 4) is 51.6 Å². The Balaban J connectivity index is 0.00000181. The Morgan fingerprint density at radius 1 is 1.00 bits per heavy atom. The third-order valence-corrected chi connectivity index (χ3v) is 8.04. The van der Waals surface area contributed by atoms with Crippen LogP contribution < -0.4 is 25.2 Å². The zero-order valence-corrected chi connectivity index (χ0v) is 27.3. The quantitative estimate of drug-likeness (QED) is 0.0688. The number of rotatable bonds is 10. The lowest BCUT2D eigenvalue weighted by Crippen LogP contribution is -2.42. The topological polar surface area (TPSA) is 214 Å². The van der Waals surface area contributed by atoms with Crippen molar-refractivity contribution in [2.24, 2.45) is 0 Å². The number of anilines is 1. The maximum atomic E-state index is 11.3. The summed E-state index contributed by atoms with van der Waals surface area (Å²) in [5.41, 5.74) is 6.49. The van der Waals surface area contributed by atoms with Gasteiger partial charge in [0, 0.05) is 66.4 Å². The van der Waals surface area contributed by atoms with Gasteiger partial charge in [0.05, 0.1) is 14.2 Å². The van der Waals surface area contributed by atoms with E-state index in [0.717, 1.165) is 18.4 Å². The number of carbonyl (C=O) groups is 2. The molecule has 0 spiro atoms. The summed E-state index contributed by atoms with van der Waals surface area (Å²) in [6, 6.07) is 18.8. The third-order valence-electron chi connectivity index (χ3n) is 8.04. The number of hydrogen-bond donors (Lipinski definition) is 5. The maximum absolute atomic E-state index is 11.3. The third kappa shape index (κ3) is 8.70. The van der Waals surface area contributed by atoms with E-state index in [4.69, 9.17) is 29.6 Å². The number of nitrogens with zero attached hydrogens (tertiary/aromatic N) is 5. The molecule has 2 aromatic heterocycles. The Hall–Kier alpha value is -6.48. The summed E-state index contributed by atoms with van der Waals surface area (Å²) in [6.45, 7) is 1.71. The van der Waals surface area contributed by atoms with Gasteiger partial charge in [-0.3, -0.25) is 14.8 Å². The molecule has 0 aliphatic carbocycles. The van der Waals surface area contributed by atoms with Gasteiger partial charge in [0.2, 0.25) is 0 Å². The molecule has 5 N–H and O–H groups in total. The van der Waals surface area contributed by atoms with Crippen LogP contribution in [0.3, 0.4) is 0 Å². The number of carbonyl (C=O) groups excluding carboxylic acids is 1. The predicted octanol–water partition coefficient (Wildman–Crippen LogP) is 4.25. The normalized spacial score (nSPS) is 12.6. The molecule has 4 aromatic rings. The fraction of sp³-hybridized carbons (Fsp3) is 0.222. The molecular formula is C36H35N7O7. The first-order chi connectivity index (χ1) is 24.3. The summed E-state index contributed by atoms with van der Waals surface area (Å²) in [7, 11) is 3.04. The molecule has 1 amide bonds. The standard InChI is InChI=1S/C35H33N7O5.CH2O2/c1-46-31-9-6-24(16-30(31)43)29-21-40-35(28(18-37)34(29)25-5-8-27(17-36)39-20-25)42-13-11-26(12-14-42)38-19-22-3-4-23(32(15-22)47-2)7-10-33(44)41-45;2-1-3/h3-10,15-16,20-21,26,38,43,45H,11-14,19H2,1-2H3,(H,41,44);1H,(H,2,3)/b10-7+;. The lowest BCUT2D eigenvalue weighted by atomic mass is 9.92. The average Bonchev–Trinajstić information content (AvgIpc) is 3.16. The van der Waals surface area contributed by atoms with Crippen molar-refractivity contribution < 1.29 is 34.5 Å². The van der Waals surface area contributed by atoms with Gasteiger partial charge in [0.25, 0.3) is 12.4 Å². The number of pyridine rings is 2. The summed E-state index contributed by atoms with van der Waals surface area (Å²) in [6.07, 6.45) is 7.71. The number of piperidine rings is 1. The Morgan fingerprint density at radius 3 is 2.32 bits per heavy atom. The van der Waals surface area contributed by atoms with Crippen LogP contribution in [0, 0.1) is 22.7 Å². The van der Waals surface area contributed by atoms with Crippen molar-refractivity contribution in [1.82, 2.24) is 20.8 Å². The lowest BCUT2D eigenvalue weighted by Gasteiger charge is -2.34. The number of hydrogen-bond acceptors (Lipinski definition) is 12. The molecule has 50 heavy (non-hydrogen) atoms. The average molecular weight is 678 g/mol. The van der Waals surface area contributed by atoms with Gasteiger partial charge in [-0.2, -0.15) is 10.5 Å². The Bertz CT molecular complexity index is 1930. The second-order valence-corrected chi connectivity index (χ2v) is 10.9. The first kappa shape index (κ1) is 36.4. The molecule has 3 heterocycles. The second-order valence-electron chi connectivity index (χ2n) is 10.9. The summed E-state index contributed by atoms with van der Waals surface area (Å²) in [4.78, 5) is 30.8. The highest BCUT2D eigenvalue weighted by molar-refractivity contribution is 5.91. The highest BCUT2D eigenvalue weighted by Crippen LogP contribution is 2.41. The van der Waals surface area contributed by atoms with Crippen molar-refractivity contribution in [2.75, 3.05) is 32.2 Å². The molecule has 2 aromatic carbocycles. The SMILES string of the molecule is COc1ccc(-c2cnc(N3CCC(NCc4ccc(/C=C/C(=O)NO)c(OC)c4)CC3)c(C#N)c2-c2ccc(C#N)nc2)cc1O.O=CO. The summed E-state index contributed by atoms with van der Waals surface area (Å²) in [5.74, 6) is 0.837. The molecule has 0 saturated carbocycles. The minimum absolute atomic E-state index is 0.0376. The zero-order valence-electron chi connectivity index (χ0n) is 27.3. The van der Waals surface area contributed by atoms with Gasteiger partial charge < -0.3 is 29.9 Å². The van der Waals surface area contributed by atoms with E-state index in [2.05, 4.69) is 21.3 Å². The number of aromatic hydroxyl groups is 1. The number of phenolic OH excluding ortho intramolecular Hbond substituents is 1. The van der Waals surface area contributed by atoms with Crippen molar-refractivity contribution >= 4 is 24.3 Å². The van der Waals surface area contributed by atoms with E-state index >= 15 is 0 Å². The number of carboxylic acid groups (broad SMARTS) is 1. The highest BCUT2D eigenvalue weighted by atomic mass is 16.5. The summed E-state index contributed by atoms with van der Waals surface area (Å²) >= 11 is 0. The number of nitrogens with one attached hydrogen (secondary N) is 2. The van der Waals surface area contributed by atoms with Crippen LogP contribution in [0.1, 0.15) is 35.2 Å². The van der Waals surface area contributed by atoms with Gasteiger partial charge in [-0.15, -0.1) is 0 Å². The molecule has 0 unspecified atom stereocenters. The predicted molar refractivity (Wildman–Crippen MR) is 183 cm³/mol. The number of amides is 1. The van der Waals surface area contributed by atoms with Crippen LogP contribution in [-0.2, 0) is 16.1 Å². The van der Waals surface area contributed by atoms with Crippen LogP contribution >= 0.6 is 0 Å². The number of phenols is 1. The second kappa shape index (κ2) is 17.6. The molecule has 1 fully saturated rings.